The first-order valence-electron chi connectivity index (χ1n) is 6.23. The average molecular weight is 319 g/mol. The Labute approximate surface area is 122 Å². The van der Waals surface area contributed by atoms with Crippen LogP contribution < -0.4 is 4.72 Å². The van der Waals surface area contributed by atoms with Crippen molar-refractivity contribution in [1.82, 2.24) is 4.72 Å². The second kappa shape index (κ2) is 5.67. The summed E-state index contributed by atoms with van der Waals surface area (Å²) < 4.78 is 27.2. The SMILES string of the molecule is Cc1ccc([N+](=O)[O-])cc1S(=O)(=O)NC1CCCC1Cl. The minimum atomic E-state index is -3.80. The second-order valence-electron chi connectivity index (χ2n) is 4.88. The van der Waals surface area contributed by atoms with Crippen molar-refractivity contribution in [3.8, 4) is 0 Å². The first-order chi connectivity index (χ1) is 9.31. The zero-order chi connectivity index (χ0) is 14.9. The van der Waals surface area contributed by atoms with Crippen molar-refractivity contribution in [3.63, 3.8) is 0 Å². The highest BCUT2D eigenvalue weighted by Gasteiger charge is 2.31. The van der Waals surface area contributed by atoms with E-state index in [0.717, 1.165) is 18.9 Å². The third-order valence-corrected chi connectivity index (χ3v) is 5.56. The summed E-state index contributed by atoms with van der Waals surface area (Å²) in [6, 6.07) is 3.48. The lowest BCUT2D eigenvalue weighted by molar-refractivity contribution is -0.385. The first kappa shape index (κ1) is 15.2. The smallest absolute Gasteiger partial charge is 0.258 e. The van der Waals surface area contributed by atoms with Gasteiger partial charge >= 0.3 is 0 Å². The molecule has 1 fully saturated rings. The number of nitrogens with zero attached hydrogens (tertiary/aromatic N) is 1. The van der Waals surface area contributed by atoms with Gasteiger partial charge in [-0.25, -0.2) is 13.1 Å². The quantitative estimate of drug-likeness (QED) is 0.524. The van der Waals surface area contributed by atoms with Crippen LogP contribution in [0.2, 0.25) is 0 Å². The molecule has 1 aliphatic carbocycles. The number of hydrogen-bond acceptors (Lipinski definition) is 4. The molecule has 1 aliphatic rings. The third-order valence-electron chi connectivity index (χ3n) is 3.41. The number of benzene rings is 1. The van der Waals surface area contributed by atoms with Gasteiger partial charge in [0.1, 0.15) is 0 Å². The zero-order valence-electron chi connectivity index (χ0n) is 10.9. The maximum atomic E-state index is 12.3. The van der Waals surface area contributed by atoms with E-state index in [2.05, 4.69) is 4.72 Å². The molecule has 2 rings (SSSR count). The molecule has 6 nitrogen and oxygen atoms in total. The van der Waals surface area contributed by atoms with Gasteiger partial charge in [0.25, 0.3) is 5.69 Å². The fourth-order valence-corrected chi connectivity index (χ4v) is 4.30. The molecule has 0 aliphatic heterocycles. The van der Waals surface area contributed by atoms with Crippen LogP contribution in [0.25, 0.3) is 0 Å². The molecule has 1 saturated carbocycles. The van der Waals surface area contributed by atoms with E-state index in [1.54, 1.807) is 6.92 Å². The van der Waals surface area contributed by atoms with Gasteiger partial charge in [-0.1, -0.05) is 12.5 Å². The number of rotatable bonds is 4. The molecule has 2 atom stereocenters. The van der Waals surface area contributed by atoms with Crippen LogP contribution in [0.1, 0.15) is 24.8 Å². The lowest BCUT2D eigenvalue weighted by Crippen LogP contribution is -2.38. The van der Waals surface area contributed by atoms with Gasteiger partial charge in [0, 0.05) is 23.6 Å². The monoisotopic (exact) mass is 318 g/mol. The van der Waals surface area contributed by atoms with E-state index >= 15 is 0 Å². The molecule has 0 amide bonds. The standard InChI is InChI=1S/C12H15ClN2O4S/c1-8-5-6-9(15(16)17)7-12(8)20(18,19)14-11-4-2-3-10(11)13/h5-7,10-11,14H,2-4H2,1H3. The number of halogens is 1. The van der Waals surface area contributed by atoms with Crippen LogP contribution in [-0.2, 0) is 10.0 Å². The number of aryl methyl sites for hydroxylation is 1. The van der Waals surface area contributed by atoms with Gasteiger partial charge in [-0.15, -0.1) is 11.6 Å². The number of nitro benzene ring substituents is 1. The molecule has 0 radical (unpaired) electrons. The Morgan fingerprint density at radius 3 is 2.65 bits per heavy atom. The number of alkyl halides is 1. The fraction of sp³-hybridized carbons (Fsp3) is 0.500. The predicted molar refractivity (Wildman–Crippen MR) is 75.4 cm³/mol. The Balaban J connectivity index is 2.33. The van der Waals surface area contributed by atoms with Crippen molar-refractivity contribution in [2.24, 2.45) is 0 Å². The van der Waals surface area contributed by atoms with Crippen molar-refractivity contribution >= 4 is 27.3 Å². The van der Waals surface area contributed by atoms with E-state index in [9.17, 15) is 18.5 Å². The van der Waals surface area contributed by atoms with Crippen molar-refractivity contribution < 1.29 is 13.3 Å². The molecule has 0 spiro atoms. The lowest BCUT2D eigenvalue weighted by Gasteiger charge is -2.17. The highest BCUT2D eigenvalue weighted by Crippen LogP contribution is 2.27. The average Bonchev–Trinajstić information content (AvgIpc) is 2.74. The van der Waals surface area contributed by atoms with Gasteiger partial charge in [-0.2, -0.15) is 0 Å². The van der Waals surface area contributed by atoms with E-state index in [4.69, 9.17) is 11.6 Å². The zero-order valence-corrected chi connectivity index (χ0v) is 12.4. The highest BCUT2D eigenvalue weighted by atomic mass is 35.5. The Kier molecular flexibility index (Phi) is 4.31. The molecule has 20 heavy (non-hydrogen) atoms. The summed E-state index contributed by atoms with van der Waals surface area (Å²) >= 11 is 6.06. The second-order valence-corrected chi connectivity index (χ2v) is 7.12. The van der Waals surface area contributed by atoms with E-state index in [0.29, 0.717) is 12.0 Å². The number of nitro groups is 1. The maximum Gasteiger partial charge on any atom is 0.270 e. The number of hydrogen-bond donors (Lipinski definition) is 1. The van der Waals surface area contributed by atoms with Gasteiger partial charge in [-0.05, 0) is 25.3 Å². The summed E-state index contributed by atoms with van der Waals surface area (Å²) in [6.07, 6.45) is 2.32. The Morgan fingerprint density at radius 2 is 2.10 bits per heavy atom. The molecule has 0 heterocycles. The first-order valence-corrected chi connectivity index (χ1v) is 8.14. The summed E-state index contributed by atoms with van der Waals surface area (Å²) in [6.45, 7) is 1.60. The van der Waals surface area contributed by atoms with Crippen LogP contribution in [0, 0.1) is 17.0 Å². The van der Waals surface area contributed by atoms with Crippen LogP contribution in [0.15, 0.2) is 23.1 Å². The van der Waals surface area contributed by atoms with Crippen molar-refractivity contribution in [1.29, 1.82) is 0 Å². The van der Waals surface area contributed by atoms with Crippen LogP contribution in [-0.4, -0.2) is 24.8 Å². The van der Waals surface area contributed by atoms with Gasteiger partial charge in [0.15, 0.2) is 0 Å². The minimum absolute atomic E-state index is 0.0672. The van der Waals surface area contributed by atoms with Crippen LogP contribution in [0.3, 0.4) is 0 Å². The molecule has 0 aromatic heterocycles. The van der Waals surface area contributed by atoms with E-state index in [-0.39, 0.29) is 22.0 Å². The molecule has 1 aromatic carbocycles. The van der Waals surface area contributed by atoms with Gasteiger partial charge < -0.3 is 0 Å². The molecular formula is C12H15ClN2O4S. The van der Waals surface area contributed by atoms with E-state index in [1.165, 1.54) is 12.1 Å². The number of nitrogens with one attached hydrogen (secondary N) is 1. The summed E-state index contributed by atoms with van der Waals surface area (Å²) in [5, 5.41) is 10.5. The largest absolute Gasteiger partial charge is 0.270 e. The Hall–Kier alpha value is -1.18. The van der Waals surface area contributed by atoms with Crippen LogP contribution in [0.5, 0.6) is 0 Å². The van der Waals surface area contributed by atoms with Crippen molar-refractivity contribution in [2.75, 3.05) is 0 Å². The molecule has 1 aromatic rings. The Bertz CT molecular complexity index is 632. The van der Waals surface area contributed by atoms with Gasteiger partial charge in [0.2, 0.25) is 10.0 Å². The molecule has 0 bridgehead atoms. The summed E-state index contributed by atoms with van der Waals surface area (Å²) in [4.78, 5) is 10.1. The highest BCUT2D eigenvalue weighted by molar-refractivity contribution is 7.89. The van der Waals surface area contributed by atoms with Crippen molar-refractivity contribution in [3.05, 3.63) is 33.9 Å². The third kappa shape index (κ3) is 3.11. The van der Waals surface area contributed by atoms with Crippen LogP contribution in [0.4, 0.5) is 5.69 Å². The summed E-state index contributed by atoms with van der Waals surface area (Å²) in [7, 11) is -3.80. The van der Waals surface area contributed by atoms with E-state index < -0.39 is 14.9 Å². The number of sulfonamides is 1. The molecule has 110 valence electrons. The topological polar surface area (TPSA) is 89.3 Å². The molecule has 1 N–H and O–H groups in total. The lowest BCUT2D eigenvalue weighted by atomic mass is 10.2. The van der Waals surface area contributed by atoms with Crippen molar-refractivity contribution in [2.45, 2.75) is 42.5 Å². The van der Waals surface area contributed by atoms with Crippen LogP contribution >= 0.6 is 11.6 Å². The Morgan fingerprint density at radius 1 is 1.40 bits per heavy atom. The predicted octanol–water partition coefficient (Wildman–Crippen LogP) is 2.34. The molecule has 8 heteroatoms. The molecular weight excluding hydrogens is 304 g/mol. The summed E-state index contributed by atoms with van der Waals surface area (Å²) in [5.74, 6) is 0. The minimum Gasteiger partial charge on any atom is -0.258 e. The van der Waals surface area contributed by atoms with Gasteiger partial charge in [0.05, 0.1) is 9.82 Å². The normalized spacial score (nSPS) is 22.9. The maximum absolute atomic E-state index is 12.3. The molecule has 2 unspecified atom stereocenters. The van der Waals surface area contributed by atoms with E-state index in [1.807, 2.05) is 0 Å². The fourth-order valence-electron chi connectivity index (χ4n) is 2.30. The molecule has 0 saturated heterocycles. The number of non-ortho nitro benzene ring substituents is 1. The van der Waals surface area contributed by atoms with Gasteiger partial charge in [-0.3, -0.25) is 10.1 Å². The summed E-state index contributed by atoms with van der Waals surface area (Å²) in [5.41, 5.74) is 0.219.